The number of amidine groups is 1. The van der Waals surface area contributed by atoms with Crippen LogP contribution in [0, 0.1) is 5.82 Å². The Hall–Kier alpha value is -2.56. The lowest BCUT2D eigenvalue weighted by molar-refractivity contribution is -0.121. The van der Waals surface area contributed by atoms with Gasteiger partial charge in [-0.25, -0.2) is 4.39 Å². The van der Waals surface area contributed by atoms with Crippen molar-refractivity contribution in [1.82, 2.24) is 4.90 Å². The zero-order valence-corrected chi connectivity index (χ0v) is 18.2. The Bertz CT molecular complexity index is 1210. The van der Waals surface area contributed by atoms with Crippen molar-refractivity contribution in [2.45, 2.75) is 9.79 Å². The minimum absolute atomic E-state index is 0.0386. The second-order valence-corrected chi connectivity index (χ2v) is 9.98. The van der Waals surface area contributed by atoms with Gasteiger partial charge in [0.1, 0.15) is 10.7 Å². The summed E-state index contributed by atoms with van der Waals surface area (Å²) in [7, 11) is -2.26. The largest absolute Gasteiger partial charge is 0.337 e. The first-order valence-corrected chi connectivity index (χ1v) is 11.8. The van der Waals surface area contributed by atoms with E-state index in [1.165, 1.54) is 22.7 Å². The predicted molar refractivity (Wildman–Crippen MR) is 118 cm³/mol. The van der Waals surface area contributed by atoms with Crippen molar-refractivity contribution < 1.29 is 17.6 Å². The maximum absolute atomic E-state index is 13.2. The lowest BCUT2D eigenvalue weighted by Gasteiger charge is -2.15. The number of sulfonamides is 1. The normalized spacial score (nSPS) is 20.2. The number of hydrogen-bond acceptors (Lipinski definition) is 6. The van der Waals surface area contributed by atoms with Gasteiger partial charge < -0.3 is 4.90 Å². The first-order valence-electron chi connectivity index (χ1n) is 8.78. The third-order valence-corrected chi connectivity index (χ3v) is 8.25. The molecule has 6 nitrogen and oxygen atoms in total. The molecule has 30 heavy (non-hydrogen) atoms. The van der Waals surface area contributed by atoms with Crippen molar-refractivity contribution in [2.24, 2.45) is 4.40 Å². The van der Waals surface area contributed by atoms with Gasteiger partial charge in [0.15, 0.2) is 5.17 Å². The number of para-hydroxylation sites is 1. The lowest BCUT2D eigenvalue weighted by atomic mass is 10.3. The van der Waals surface area contributed by atoms with Gasteiger partial charge >= 0.3 is 0 Å². The van der Waals surface area contributed by atoms with Gasteiger partial charge in [-0.15, -0.1) is 11.0 Å². The molecule has 154 valence electrons. The molecule has 10 heteroatoms. The number of benzene rings is 2. The quantitative estimate of drug-likeness (QED) is 0.506. The SMILES string of the molecule is C=CCN1C(=O)C(=C2Sc3ccccc3N2C)SC1=NS(=O)(=O)c1ccc(F)cc1. The van der Waals surface area contributed by atoms with Crippen LogP contribution in [0.5, 0.6) is 0 Å². The molecular formula is C20H16FN3O3S3. The van der Waals surface area contributed by atoms with Crippen LogP contribution in [0.4, 0.5) is 10.1 Å². The maximum atomic E-state index is 13.2. The zero-order chi connectivity index (χ0) is 21.5. The van der Waals surface area contributed by atoms with Gasteiger partial charge in [0, 0.05) is 18.5 Å². The number of carbonyl (C=O) groups excluding carboxylic acids is 1. The summed E-state index contributed by atoms with van der Waals surface area (Å²) in [5, 5.41) is 0.751. The highest BCUT2D eigenvalue weighted by molar-refractivity contribution is 8.19. The maximum Gasteiger partial charge on any atom is 0.284 e. The van der Waals surface area contributed by atoms with Crippen LogP contribution in [0.25, 0.3) is 0 Å². The summed E-state index contributed by atoms with van der Waals surface area (Å²) in [6.07, 6.45) is 1.51. The molecule has 2 heterocycles. The fourth-order valence-electron chi connectivity index (χ4n) is 2.96. The van der Waals surface area contributed by atoms with Crippen molar-refractivity contribution in [1.29, 1.82) is 0 Å². The Morgan fingerprint density at radius 2 is 1.83 bits per heavy atom. The number of nitrogens with zero attached hydrogens (tertiary/aromatic N) is 3. The molecule has 0 radical (unpaired) electrons. The third-order valence-electron chi connectivity index (χ3n) is 4.42. The number of fused-ring (bicyclic) bond motifs is 1. The number of halogens is 1. The smallest absolute Gasteiger partial charge is 0.284 e. The second-order valence-electron chi connectivity index (χ2n) is 6.37. The molecule has 1 amide bonds. The summed E-state index contributed by atoms with van der Waals surface area (Å²) >= 11 is 2.45. The molecule has 2 aromatic carbocycles. The van der Waals surface area contributed by atoms with Crippen LogP contribution in [0.1, 0.15) is 0 Å². The summed E-state index contributed by atoms with van der Waals surface area (Å²) in [4.78, 5) is 17.5. The summed E-state index contributed by atoms with van der Waals surface area (Å²) in [6, 6.07) is 12.1. The number of anilines is 1. The Morgan fingerprint density at radius 1 is 1.13 bits per heavy atom. The van der Waals surface area contributed by atoms with Gasteiger partial charge in [-0.2, -0.15) is 8.42 Å². The minimum Gasteiger partial charge on any atom is -0.337 e. The number of amides is 1. The van der Waals surface area contributed by atoms with Gasteiger partial charge in [-0.3, -0.25) is 9.69 Å². The Labute approximate surface area is 182 Å². The van der Waals surface area contributed by atoms with Gasteiger partial charge in [-0.1, -0.05) is 30.0 Å². The molecule has 0 N–H and O–H groups in total. The summed E-state index contributed by atoms with van der Waals surface area (Å²) < 4.78 is 42.4. The van der Waals surface area contributed by atoms with Crippen molar-refractivity contribution in [3.63, 3.8) is 0 Å². The Kier molecular flexibility index (Phi) is 5.48. The van der Waals surface area contributed by atoms with Gasteiger partial charge in [0.25, 0.3) is 15.9 Å². The molecule has 0 aromatic heterocycles. The number of hydrogen-bond donors (Lipinski definition) is 0. The van der Waals surface area contributed by atoms with Crippen molar-refractivity contribution >= 4 is 50.3 Å². The molecule has 2 aliphatic heterocycles. The standard InChI is InChI=1S/C20H16FN3O3S3/c1-3-12-24-18(25)17(19-23(2)15-6-4-5-7-16(15)28-19)29-20(24)22-30(26,27)14-10-8-13(21)9-11-14/h3-11H,1,12H2,2H3. The lowest BCUT2D eigenvalue weighted by Crippen LogP contribution is -2.30. The molecule has 2 aliphatic rings. The van der Waals surface area contributed by atoms with Crippen molar-refractivity contribution in [3.05, 3.63) is 76.9 Å². The first kappa shape index (κ1) is 20.7. The van der Waals surface area contributed by atoms with Gasteiger partial charge in [0.2, 0.25) is 0 Å². The monoisotopic (exact) mass is 461 g/mol. The third kappa shape index (κ3) is 3.66. The minimum atomic E-state index is -4.12. The molecule has 0 spiro atoms. The molecular weight excluding hydrogens is 445 g/mol. The van der Waals surface area contributed by atoms with E-state index < -0.39 is 15.8 Å². The average molecular weight is 462 g/mol. The number of carbonyl (C=O) groups is 1. The summed E-state index contributed by atoms with van der Waals surface area (Å²) in [6.45, 7) is 3.76. The highest BCUT2D eigenvalue weighted by atomic mass is 32.2. The molecule has 2 aromatic rings. The van der Waals surface area contributed by atoms with Crippen LogP contribution in [0.3, 0.4) is 0 Å². The van der Waals surface area contributed by atoms with E-state index in [2.05, 4.69) is 11.0 Å². The van der Waals surface area contributed by atoms with Gasteiger partial charge in [-0.05, 0) is 48.2 Å². The highest BCUT2D eigenvalue weighted by Gasteiger charge is 2.39. The molecule has 0 unspecified atom stereocenters. The predicted octanol–water partition coefficient (Wildman–Crippen LogP) is 4.04. The van der Waals surface area contributed by atoms with Crippen LogP contribution in [0.15, 0.2) is 85.3 Å². The summed E-state index contributed by atoms with van der Waals surface area (Å²) in [5.41, 5.74) is 0.970. The fourth-order valence-corrected chi connectivity index (χ4v) is 6.49. The molecule has 1 fully saturated rings. The molecule has 4 rings (SSSR count). The van der Waals surface area contributed by atoms with Crippen LogP contribution in [0.2, 0.25) is 0 Å². The molecule has 1 saturated heterocycles. The van der Waals surface area contributed by atoms with E-state index in [1.54, 1.807) is 0 Å². The number of thioether (sulfide) groups is 2. The van der Waals surface area contributed by atoms with E-state index in [0.29, 0.717) is 9.93 Å². The van der Waals surface area contributed by atoms with E-state index in [1.807, 2.05) is 36.2 Å². The Morgan fingerprint density at radius 3 is 2.50 bits per heavy atom. The summed E-state index contributed by atoms with van der Waals surface area (Å²) in [5.74, 6) is -0.886. The van der Waals surface area contributed by atoms with Crippen molar-refractivity contribution in [3.8, 4) is 0 Å². The van der Waals surface area contributed by atoms with Crippen LogP contribution in [-0.4, -0.2) is 38.0 Å². The molecule has 0 saturated carbocycles. The molecule has 0 bridgehead atoms. The topological polar surface area (TPSA) is 70.1 Å². The van der Waals surface area contributed by atoms with Crippen LogP contribution < -0.4 is 4.90 Å². The van der Waals surface area contributed by atoms with E-state index in [4.69, 9.17) is 0 Å². The second kappa shape index (κ2) is 7.93. The fraction of sp³-hybridized carbons (Fsp3) is 0.100. The zero-order valence-electron chi connectivity index (χ0n) is 15.8. The van der Waals surface area contributed by atoms with E-state index in [9.17, 15) is 17.6 Å². The van der Waals surface area contributed by atoms with Crippen LogP contribution in [-0.2, 0) is 14.8 Å². The molecule has 0 aliphatic carbocycles. The van der Waals surface area contributed by atoms with Gasteiger partial charge in [0.05, 0.1) is 15.6 Å². The first-order chi connectivity index (χ1) is 14.3. The Balaban J connectivity index is 1.75. The van der Waals surface area contributed by atoms with Crippen molar-refractivity contribution in [2.75, 3.05) is 18.5 Å². The average Bonchev–Trinajstić information content (AvgIpc) is 3.20. The highest BCUT2D eigenvalue weighted by Crippen LogP contribution is 2.49. The van der Waals surface area contributed by atoms with E-state index >= 15 is 0 Å². The van der Waals surface area contributed by atoms with E-state index in [0.717, 1.165) is 46.6 Å². The molecule has 0 atom stereocenters. The number of rotatable bonds is 4. The van der Waals surface area contributed by atoms with Crippen LogP contribution >= 0.6 is 23.5 Å². The van der Waals surface area contributed by atoms with E-state index in [-0.39, 0.29) is 22.5 Å².